The number of imidazole rings is 1. The van der Waals surface area contributed by atoms with E-state index in [1.807, 2.05) is 13.1 Å². The van der Waals surface area contributed by atoms with Crippen LogP contribution in [0, 0.1) is 0 Å². The number of likely N-dealkylation sites (N-methyl/N-ethyl adjacent to an activating group) is 1. The molecule has 1 fully saturated rings. The van der Waals surface area contributed by atoms with E-state index in [1.54, 1.807) is 13.3 Å². The van der Waals surface area contributed by atoms with Crippen LogP contribution in [0.4, 0.5) is 14.6 Å². The van der Waals surface area contributed by atoms with Crippen molar-refractivity contribution in [3.8, 4) is 11.4 Å². The number of nitrogens with zero attached hydrogens (tertiary/aromatic N) is 5. The van der Waals surface area contributed by atoms with Crippen molar-refractivity contribution in [3.63, 3.8) is 0 Å². The fraction of sp³-hybridized carbons (Fsp3) is 0.524. The molecule has 2 atom stereocenters. The molecule has 0 radical (unpaired) electrons. The van der Waals surface area contributed by atoms with Crippen molar-refractivity contribution >= 4 is 17.6 Å². The predicted octanol–water partition coefficient (Wildman–Crippen LogP) is 0.0900. The number of aromatic amines is 1. The normalized spacial score (nSPS) is 19.9. The van der Waals surface area contributed by atoms with Gasteiger partial charge in [-0.2, -0.15) is 8.78 Å². The first kappa shape index (κ1) is 23.9. The number of nitrogens with one attached hydrogen (secondary N) is 2. The van der Waals surface area contributed by atoms with Crippen LogP contribution in [-0.2, 0) is 4.74 Å². The van der Waals surface area contributed by atoms with Gasteiger partial charge in [0.2, 0.25) is 5.71 Å². The number of piperazine rings is 1. The Labute approximate surface area is 186 Å². The van der Waals surface area contributed by atoms with Crippen LogP contribution < -0.4 is 15.6 Å². The van der Waals surface area contributed by atoms with E-state index >= 15 is 0 Å². The van der Waals surface area contributed by atoms with Gasteiger partial charge in [0.25, 0.3) is 0 Å². The molecule has 3 rings (SSSR count). The van der Waals surface area contributed by atoms with Gasteiger partial charge in [0.15, 0.2) is 0 Å². The van der Waals surface area contributed by atoms with Gasteiger partial charge in [-0.1, -0.05) is 0 Å². The Morgan fingerprint density at radius 2 is 2.19 bits per heavy atom. The van der Waals surface area contributed by atoms with Gasteiger partial charge in [0.1, 0.15) is 18.0 Å². The van der Waals surface area contributed by atoms with Crippen molar-refractivity contribution in [1.29, 1.82) is 0 Å². The van der Waals surface area contributed by atoms with E-state index in [9.17, 15) is 8.78 Å². The molecule has 9 nitrogen and oxygen atoms in total. The number of nitrogens with two attached hydrogens (primary N) is 1. The Bertz CT molecular complexity index is 919. The minimum Gasteiger partial charge on any atom is -0.383 e. The molecule has 0 bridgehead atoms. The molecular formula is C21H31F2N8O+. The van der Waals surface area contributed by atoms with Crippen molar-refractivity contribution in [2.45, 2.75) is 25.4 Å². The third kappa shape index (κ3) is 5.72. The molecule has 0 aliphatic carbocycles. The molecule has 1 aliphatic rings. The molecule has 1 aliphatic heterocycles. The van der Waals surface area contributed by atoms with Gasteiger partial charge in [-0.25, -0.2) is 15.0 Å². The summed E-state index contributed by atoms with van der Waals surface area (Å²) in [5, 5.41) is 8.56. The SMILES string of the molecule is CNCC1C(C)N(c2cc(-c3cnc(/C=C\C(=[NH2+])C(F)F)[nH]3)ncn2)CCN1CCOC. The lowest BCUT2D eigenvalue weighted by Crippen LogP contribution is -2.62. The number of anilines is 1. The maximum absolute atomic E-state index is 12.5. The number of allylic oxidation sites excluding steroid dienone is 1. The largest absolute Gasteiger partial charge is 0.383 e. The minimum absolute atomic E-state index is 0.226. The summed E-state index contributed by atoms with van der Waals surface area (Å²) in [6.07, 6.45) is 3.00. The molecule has 3 heterocycles. The fourth-order valence-corrected chi connectivity index (χ4v) is 3.89. The standard InChI is InChI=1S/C21H30F2N8O/c1-14-18(12-25-2)30(8-9-32-3)6-7-31(14)20-10-16(27-13-28-20)17-11-26-19(29-17)5-4-15(24)21(22)23/h4-5,10-11,13-14,18,21,24-25H,6-9,12H2,1-3H3,(H,26,29)/p+1/b5-4-,24-15?. The van der Waals surface area contributed by atoms with E-state index in [1.165, 1.54) is 12.4 Å². The zero-order valence-electron chi connectivity index (χ0n) is 18.6. The van der Waals surface area contributed by atoms with Gasteiger partial charge >= 0.3 is 6.43 Å². The molecule has 11 heteroatoms. The fourth-order valence-electron chi connectivity index (χ4n) is 3.89. The number of halogens is 2. The Hall–Kier alpha value is -2.76. The van der Waals surface area contributed by atoms with Crippen LogP contribution in [-0.4, -0.2) is 96.0 Å². The van der Waals surface area contributed by atoms with Crippen LogP contribution in [0.1, 0.15) is 12.7 Å². The number of hydrogen-bond acceptors (Lipinski definition) is 7. The quantitative estimate of drug-likeness (QED) is 0.441. The van der Waals surface area contributed by atoms with Gasteiger partial charge in [0, 0.05) is 57.5 Å². The molecule has 4 N–H and O–H groups in total. The summed E-state index contributed by atoms with van der Waals surface area (Å²) in [6.45, 7) is 6.37. The van der Waals surface area contributed by atoms with Gasteiger partial charge in [-0.15, -0.1) is 0 Å². The summed E-state index contributed by atoms with van der Waals surface area (Å²) < 4.78 is 30.3. The molecule has 0 amide bonds. The van der Waals surface area contributed by atoms with Crippen molar-refractivity contribution < 1.29 is 18.9 Å². The molecule has 2 aromatic heterocycles. The maximum atomic E-state index is 12.5. The first-order valence-electron chi connectivity index (χ1n) is 10.5. The van der Waals surface area contributed by atoms with Crippen LogP contribution in [0.5, 0.6) is 0 Å². The highest BCUT2D eigenvalue weighted by atomic mass is 19.3. The highest BCUT2D eigenvalue weighted by Crippen LogP contribution is 2.25. The number of methoxy groups -OCH3 is 1. The second-order valence-corrected chi connectivity index (χ2v) is 7.67. The van der Waals surface area contributed by atoms with Crippen molar-refractivity contribution in [1.82, 2.24) is 30.2 Å². The highest BCUT2D eigenvalue weighted by molar-refractivity contribution is 5.95. The summed E-state index contributed by atoms with van der Waals surface area (Å²) in [7, 11) is 3.68. The third-order valence-electron chi connectivity index (χ3n) is 5.65. The van der Waals surface area contributed by atoms with Crippen LogP contribution in [0.3, 0.4) is 0 Å². The summed E-state index contributed by atoms with van der Waals surface area (Å²) in [4.78, 5) is 20.9. The first-order valence-corrected chi connectivity index (χ1v) is 10.5. The lowest BCUT2D eigenvalue weighted by Gasteiger charge is -2.47. The lowest BCUT2D eigenvalue weighted by molar-refractivity contribution is -0.124. The molecule has 32 heavy (non-hydrogen) atoms. The smallest absolute Gasteiger partial charge is 0.320 e. The maximum Gasteiger partial charge on any atom is 0.320 e. The molecule has 0 saturated carbocycles. The lowest BCUT2D eigenvalue weighted by atomic mass is 10.0. The van der Waals surface area contributed by atoms with Crippen LogP contribution in [0.2, 0.25) is 0 Å². The van der Waals surface area contributed by atoms with Gasteiger partial charge in [-0.05, 0) is 20.0 Å². The van der Waals surface area contributed by atoms with Crippen LogP contribution >= 0.6 is 0 Å². The topological polar surface area (TPSA) is 108 Å². The summed E-state index contributed by atoms with van der Waals surface area (Å²) >= 11 is 0. The number of ether oxygens (including phenoxy) is 1. The number of rotatable bonds is 10. The van der Waals surface area contributed by atoms with E-state index in [0.717, 1.165) is 38.1 Å². The monoisotopic (exact) mass is 449 g/mol. The van der Waals surface area contributed by atoms with Crippen molar-refractivity contribution in [2.75, 3.05) is 51.8 Å². The highest BCUT2D eigenvalue weighted by Gasteiger charge is 2.33. The summed E-state index contributed by atoms with van der Waals surface area (Å²) in [6, 6.07) is 2.45. The third-order valence-corrected chi connectivity index (χ3v) is 5.65. The Kier molecular flexibility index (Phi) is 8.37. The number of H-pyrrole nitrogens is 1. The van der Waals surface area contributed by atoms with Crippen molar-refractivity contribution in [2.24, 2.45) is 0 Å². The minimum atomic E-state index is -2.70. The van der Waals surface area contributed by atoms with Gasteiger partial charge < -0.3 is 19.9 Å². The van der Waals surface area contributed by atoms with E-state index in [4.69, 9.17) is 10.1 Å². The first-order chi connectivity index (χ1) is 15.4. The number of aromatic nitrogens is 4. The van der Waals surface area contributed by atoms with E-state index < -0.39 is 12.1 Å². The van der Waals surface area contributed by atoms with Gasteiger partial charge in [-0.3, -0.25) is 10.3 Å². The molecule has 0 aromatic carbocycles. The Morgan fingerprint density at radius 1 is 1.38 bits per heavy atom. The van der Waals surface area contributed by atoms with E-state index in [0.29, 0.717) is 29.9 Å². The average Bonchev–Trinajstić information content (AvgIpc) is 3.27. The Balaban J connectivity index is 1.77. The molecule has 2 unspecified atom stereocenters. The molecule has 174 valence electrons. The van der Waals surface area contributed by atoms with Crippen LogP contribution in [0.25, 0.3) is 17.5 Å². The average molecular weight is 450 g/mol. The van der Waals surface area contributed by atoms with Crippen molar-refractivity contribution in [3.05, 3.63) is 30.5 Å². The number of alkyl halides is 2. The molecule has 0 spiro atoms. The summed E-state index contributed by atoms with van der Waals surface area (Å²) in [5.41, 5.74) is 0.830. The summed E-state index contributed by atoms with van der Waals surface area (Å²) in [5.74, 6) is 1.25. The second-order valence-electron chi connectivity index (χ2n) is 7.67. The van der Waals surface area contributed by atoms with Gasteiger partial charge in [0.05, 0.1) is 24.2 Å². The Morgan fingerprint density at radius 3 is 2.91 bits per heavy atom. The van der Waals surface area contributed by atoms with E-state index in [2.05, 4.69) is 42.0 Å². The number of hydrogen-bond donors (Lipinski definition) is 3. The molecule has 1 saturated heterocycles. The molecular weight excluding hydrogens is 418 g/mol. The van der Waals surface area contributed by atoms with Crippen LogP contribution in [0.15, 0.2) is 24.7 Å². The zero-order valence-corrected chi connectivity index (χ0v) is 18.6. The second kappa shape index (κ2) is 11.2. The van der Waals surface area contributed by atoms with E-state index in [-0.39, 0.29) is 6.04 Å². The molecule has 2 aromatic rings. The zero-order chi connectivity index (χ0) is 23.1. The predicted molar refractivity (Wildman–Crippen MR) is 120 cm³/mol.